The molecule has 0 saturated carbocycles. The Balaban J connectivity index is 2.06. The summed E-state index contributed by atoms with van der Waals surface area (Å²) >= 11 is 0. The Kier molecular flexibility index (Phi) is 4.11. The number of benzene rings is 2. The number of carbonyl (C=O) groups is 1. The minimum atomic E-state index is -0.659. The monoisotopic (exact) mass is 269 g/mol. The Morgan fingerprint density at radius 3 is 2.70 bits per heavy atom. The molecule has 0 spiro atoms. The molecule has 2 aromatic rings. The molecule has 4 heteroatoms. The normalized spacial score (nSPS) is 9.85. The van der Waals surface area contributed by atoms with Crippen molar-refractivity contribution in [2.24, 2.45) is 0 Å². The molecule has 2 aromatic carbocycles. The lowest BCUT2D eigenvalue weighted by molar-refractivity contribution is 0.0920. The Morgan fingerprint density at radius 1 is 1.30 bits per heavy atom. The van der Waals surface area contributed by atoms with Crippen LogP contribution >= 0.6 is 0 Å². The molecule has 3 nitrogen and oxygen atoms in total. The zero-order chi connectivity index (χ0) is 14.5. The Hall–Kier alpha value is -2.67. The van der Waals surface area contributed by atoms with Gasteiger partial charge in [0.2, 0.25) is 0 Å². The zero-order valence-electron chi connectivity index (χ0n) is 10.9. The van der Waals surface area contributed by atoms with Gasteiger partial charge in [-0.2, -0.15) is 5.26 Å². The number of hydrogen-bond acceptors (Lipinski definition) is 3. The van der Waals surface area contributed by atoms with E-state index in [1.165, 1.54) is 12.1 Å². The van der Waals surface area contributed by atoms with E-state index in [1.54, 1.807) is 18.2 Å². The van der Waals surface area contributed by atoms with Gasteiger partial charge in [0.25, 0.3) is 0 Å². The molecular formula is C16H12FNO2. The number of rotatable bonds is 4. The fourth-order valence-corrected chi connectivity index (χ4v) is 1.79. The van der Waals surface area contributed by atoms with Crippen LogP contribution in [-0.4, -0.2) is 12.4 Å². The van der Waals surface area contributed by atoms with E-state index in [0.29, 0.717) is 5.56 Å². The van der Waals surface area contributed by atoms with Crippen molar-refractivity contribution < 1.29 is 13.9 Å². The molecule has 20 heavy (non-hydrogen) atoms. The molecular weight excluding hydrogens is 257 g/mol. The average Bonchev–Trinajstić information content (AvgIpc) is 2.45. The molecule has 0 heterocycles. The van der Waals surface area contributed by atoms with Gasteiger partial charge in [0.15, 0.2) is 12.4 Å². The average molecular weight is 269 g/mol. The van der Waals surface area contributed by atoms with E-state index in [9.17, 15) is 9.18 Å². The molecule has 2 rings (SSSR count). The van der Waals surface area contributed by atoms with Gasteiger partial charge in [0, 0.05) is 11.6 Å². The number of Topliss-reactive ketones (excluding diaryl/α,β-unsaturated/α-hetero) is 1. The van der Waals surface area contributed by atoms with Crippen LogP contribution in [-0.2, 0) is 0 Å². The number of ketones is 1. The van der Waals surface area contributed by atoms with E-state index in [-0.39, 0.29) is 23.7 Å². The molecule has 0 fully saturated rings. The highest BCUT2D eigenvalue weighted by Crippen LogP contribution is 2.16. The third-order valence-corrected chi connectivity index (χ3v) is 2.88. The molecule has 0 aliphatic carbocycles. The highest BCUT2D eigenvalue weighted by atomic mass is 19.1. The summed E-state index contributed by atoms with van der Waals surface area (Å²) < 4.78 is 18.6. The summed E-state index contributed by atoms with van der Waals surface area (Å²) in [6.07, 6.45) is 0. The summed E-state index contributed by atoms with van der Waals surface area (Å²) in [6, 6.07) is 12.8. The standard InChI is InChI=1S/C16H12FNO2/c1-11-4-2-3-5-14(11)16(19)10-20-13-7-6-12(9-18)15(17)8-13/h2-8H,10H2,1H3. The van der Waals surface area contributed by atoms with E-state index >= 15 is 0 Å². The van der Waals surface area contributed by atoms with Crippen LogP contribution in [0, 0.1) is 24.1 Å². The summed E-state index contributed by atoms with van der Waals surface area (Å²) in [5.74, 6) is -0.607. The fraction of sp³-hybridized carbons (Fsp3) is 0.125. The van der Waals surface area contributed by atoms with Crippen molar-refractivity contribution in [3.05, 3.63) is 65.0 Å². The molecule has 0 saturated heterocycles. The first-order valence-electron chi connectivity index (χ1n) is 6.03. The van der Waals surface area contributed by atoms with Gasteiger partial charge in [-0.25, -0.2) is 4.39 Å². The molecule has 100 valence electrons. The smallest absolute Gasteiger partial charge is 0.200 e. The van der Waals surface area contributed by atoms with E-state index in [4.69, 9.17) is 10.00 Å². The van der Waals surface area contributed by atoms with E-state index in [1.807, 2.05) is 19.1 Å². The van der Waals surface area contributed by atoms with E-state index in [0.717, 1.165) is 11.6 Å². The molecule has 0 aromatic heterocycles. The van der Waals surface area contributed by atoms with Gasteiger partial charge < -0.3 is 4.74 Å². The molecule has 0 radical (unpaired) electrons. The van der Waals surface area contributed by atoms with E-state index < -0.39 is 5.82 Å². The number of nitrogens with zero attached hydrogens (tertiary/aromatic N) is 1. The number of ether oxygens (including phenoxy) is 1. The van der Waals surface area contributed by atoms with Gasteiger partial charge in [0.05, 0.1) is 5.56 Å². The van der Waals surface area contributed by atoms with Crippen LogP contribution in [0.25, 0.3) is 0 Å². The first-order valence-corrected chi connectivity index (χ1v) is 6.03. The molecule has 0 unspecified atom stereocenters. The van der Waals surface area contributed by atoms with Crippen molar-refractivity contribution in [1.82, 2.24) is 0 Å². The molecule has 0 amide bonds. The van der Waals surface area contributed by atoms with Crippen molar-refractivity contribution >= 4 is 5.78 Å². The van der Waals surface area contributed by atoms with Crippen LogP contribution in [0.4, 0.5) is 4.39 Å². The number of aryl methyl sites for hydroxylation is 1. The second-order valence-corrected chi connectivity index (χ2v) is 4.28. The highest BCUT2D eigenvalue weighted by molar-refractivity contribution is 5.98. The molecule has 0 aliphatic heterocycles. The minimum absolute atomic E-state index is 0.0532. The minimum Gasteiger partial charge on any atom is -0.485 e. The second kappa shape index (κ2) is 5.98. The maximum absolute atomic E-state index is 13.4. The number of carbonyl (C=O) groups excluding carboxylic acids is 1. The van der Waals surface area contributed by atoms with Crippen LogP contribution < -0.4 is 4.74 Å². The molecule has 0 aliphatic rings. The lowest BCUT2D eigenvalue weighted by atomic mass is 10.1. The summed E-state index contributed by atoms with van der Waals surface area (Å²) in [5.41, 5.74) is 1.40. The van der Waals surface area contributed by atoms with Crippen molar-refractivity contribution in [3.8, 4) is 11.8 Å². The fourth-order valence-electron chi connectivity index (χ4n) is 1.79. The quantitative estimate of drug-likeness (QED) is 0.800. The SMILES string of the molecule is Cc1ccccc1C(=O)COc1ccc(C#N)c(F)c1. The molecule has 0 N–H and O–H groups in total. The highest BCUT2D eigenvalue weighted by Gasteiger charge is 2.10. The summed E-state index contributed by atoms with van der Waals surface area (Å²) in [7, 11) is 0. The first kappa shape index (κ1) is 13.8. The maximum atomic E-state index is 13.4. The maximum Gasteiger partial charge on any atom is 0.200 e. The number of halogens is 1. The predicted octanol–water partition coefficient (Wildman–Crippen LogP) is 3.27. The largest absolute Gasteiger partial charge is 0.485 e. The summed E-state index contributed by atoms with van der Waals surface area (Å²) in [6.45, 7) is 1.67. The lowest BCUT2D eigenvalue weighted by Gasteiger charge is -2.07. The van der Waals surface area contributed by atoms with Crippen molar-refractivity contribution in [2.75, 3.05) is 6.61 Å². The summed E-state index contributed by atoms with van der Waals surface area (Å²) in [4.78, 5) is 12.0. The van der Waals surface area contributed by atoms with Gasteiger partial charge in [0.1, 0.15) is 17.6 Å². The van der Waals surface area contributed by atoms with Crippen molar-refractivity contribution in [2.45, 2.75) is 6.92 Å². The summed E-state index contributed by atoms with van der Waals surface area (Å²) in [5, 5.41) is 8.62. The van der Waals surface area contributed by atoms with Gasteiger partial charge >= 0.3 is 0 Å². The second-order valence-electron chi connectivity index (χ2n) is 4.28. The van der Waals surface area contributed by atoms with Crippen LogP contribution in [0.2, 0.25) is 0 Å². The zero-order valence-corrected chi connectivity index (χ0v) is 10.9. The van der Waals surface area contributed by atoms with Crippen LogP contribution in [0.15, 0.2) is 42.5 Å². The third kappa shape index (κ3) is 3.01. The topological polar surface area (TPSA) is 50.1 Å². The molecule has 0 atom stereocenters. The number of hydrogen-bond donors (Lipinski definition) is 0. The lowest BCUT2D eigenvalue weighted by Crippen LogP contribution is -2.12. The number of nitriles is 1. The van der Waals surface area contributed by atoms with Gasteiger partial charge in [-0.3, -0.25) is 4.79 Å². The van der Waals surface area contributed by atoms with Crippen LogP contribution in [0.1, 0.15) is 21.5 Å². The first-order chi connectivity index (χ1) is 9.61. The van der Waals surface area contributed by atoms with Crippen LogP contribution in [0.3, 0.4) is 0 Å². The Bertz CT molecular complexity index is 689. The van der Waals surface area contributed by atoms with Crippen molar-refractivity contribution in [3.63, 3.8) is 0 Å². The van der Waals surface area contributed by atoms with E-state index in [2.05, 4.69) is 0 Å². The predicted molar refractivity (Wildman–Crippen MR) is 72.1 cm³/mol. The van der Waals surface area contributed by atoms with Crippen molar-refractivity contribution in [1.29, 1.82) is 5.26 Å². The third-order valence-electron chi connectivity index (χ3n) is 2.88. The van der Waals surface area contributed by atoms with Crippen LogP contribution in [0.5, 0.6) is 5.75 Å². The Labute approximate surface area is 116 Å². The Morgan fingerprint density at radius 2 is 2.05 bits per heavy atom. The van der Waals surface area contributed by atoms with Gasteiger partial charge in [-0.15, -0.1) is 0 Å². The molecule has 0 bridgehead atoms. The van der Waals surface area contributed by atoms with Gasteiger partial charge in [-0.05, 0) is 24.6 Å². The van der Waals surface area contributed by atoms with Gasteiger partial charge in [-0.1, -0.05) is 24.3 Å².